The molecule has 1 aromatic carbocycles. The van der Waals surface area contributed by atoms with Crippen LogP contribution in [0.1, 0.15) is 36.2 Å². The van der Waals surface area contributed by atoms with Crippen LogP contribution in [0.5, 0.6) is 0 Å². The fourth-order valence-electron chi connectivity index (χ4n) is 2.50. The smallest absolute Gasteiger partial charge is 0.251 e. The number of allylic oxidation sites excluding steroid dienone is 1. The molecule has 3 unspecified atom stereocenters. The number of nitrogens with one attached hydrogen (secondary N) is 1. The van der Waals surface area contributed by atoms with E-state index in [0.717, 1.165) is 12.0 Å². The zero-order valence-corrected chi connectivity index (χ0v) is 15.0. The maximum Gasteiger partial charge on any atom is 0.251 e. The zero-order chi connectivity index (χ0) is 19.3. The van der Waals surface area contributed by atoms with E-state index in [-0.39, 0.29) is 6.61 Å². The highest BCUT2D eigenvalue weighted by atomic mass is 16.3. The molecule has 0 bridgehead atoms. The van der Waals surface area contributed by atoms with Crippen LogP contribution in [0.15, 0.2) is 30.3 Å². The van der Waals surface area contributed by atoms with Gasteiger partial charge in [-0.15, -0.1) is 0 Å². The Hall–Kier alpha value is -2.62. The molecule has 1 saturated carbocycles. The first-order valence-corrected chi connectivity index (χ1v) is 8.50. The van der Waals surface area contributed by atoms with Gasteiger partial charge in [0.15, 0.2) is 0 Å². The van der Waals surface area contributed by atoms with Gasteiger partial charge in [-0.25, -0.2) is 0 Å². The average Bonchev–Trinajstić information content (AvgIpc) is 3.34. The summed E-state index contributed by atoms with van der Waals surface area (Å²) in [4.78, 5) is 23.8. The molecule has 26 heavy (non-hydrogen) atoms. The number of aliphatic hydroxyl groups excluding tert-OH is 1. The number of amides is 2. The minimum absolute atomic E-state index is 0.199. The molecule has 0 heterocycles. The summed E-state index contributed by atoms with van der Waals surface area (Å²) < 4.78 is 0. The molecule has 1 aliphatic carbocycles. The number of hydrogen-bond donors (Lipinski definition) is 4. The van der Waals surface area contributed by atoms with Crippen molar-refractivity contribution in [3.63, 3.8) is 0 Å². The Kier molecular flexibility index (Phi) is 6.19. The lowest BCUT2D eigenvalue weighted by molar-refractivity contribution is -0.121. The fourth-order valence-corrected chi connectivity index (χ4v) is 2.50. The van der Waals surface area contributed by atoms with Crippen LogP contribution in [0.3, 0.4) is 0 Å². The molecule has 6 nitrogen and oxygen atoms in total. The summed E-state index contributed by atoms with van der Waals surface area (Å²) in [6.07, 6.45) is 4.56. The van der Waals surface area contributed by atoms with E-state index in [0.29, 0.717) is 17.4 Å². The van der Waals surface area contributed by atoms with Gasteiger partial charge in [0.25, 0.3) is 5.91 Å². The van der Waals surface area contributed by atoms with Crippen molar-refractivity contribution in [3.8, 4) is 11.8 Å². The molecule has 0 saturated heterocycles. The molecule has 1 fully saturated rings. The minimum Gasteiger partial charge on any atom is -0.396 e. The van der Waals surface area contributed by atoms with Gasteiger partial charge < -0.3 is 21.9 Å². The predicted molar refractivity (Wildman–Crippen MR) is 101 cm³/mol. The second kappa shape index (κ2) is 8.17. The van der Waals surface area contributed by atoms with Crippen molar-refractivity contribution in [1.82, 2.24) is 5.32 Å². The molecular weight excluding hydrogens is 330 g/mol. The minimum atomic E-state index is -0.963. The van der Waals surface area contributed by atoms with Crippen LogP contribution in [0.4, 0.5) is 0 Å². The third-order valence-corrected chi connectivity index (χ3v) is 4.26. The zero-order valence-electron chi connectivity index (χ0n) is 15.0. The van der Waals surface area contributed by atoms with Crippen molar-refractivity contribution < 1.29 is 14.7 Å². The van der Waals surface area contributed by atoms with Crippen LogP contribution in [-0.4, -0.2) is 35.1 Å². The van der Waals surface area contributed by atoms with Crippen LogP contribution in [-0.2, 0) is 4.79 Å². The number of nitrogens with two attached hydrogens (primary N) is 2. The standard InChI is InChI=1S/C20H25N3O3/c1-20(2,22)17(18(21)25)23-19(26)14-9-7-13(8-10-14)5-3-4-6-15-11-16(15)12-24/h3,5,7-10,15-17,24H,11-12,22H2,1-2H3,(H2,21,25)(H,23,26)/b5-3+. The van der Waals surface area contributed by atoms with Crippen molar-refractivity contribution in [2.45, 2.75) is 31.8 Å². The molecule has 6 N–H and O–H groups in total. The Morgan fingerprint density at radius 1 is 1.38 bits per heavy atom. The molecule has 2 amide bonds. The van der Waals surface area contributed by atoms with Crippen LogP contribution in [0, 0.1) is 23.7 Å². The first-order valence-electron chi connectivity index (χ1n) is 8.50. The van der Waals surface area contributed by atoms with Gasteiger partial charge in [-0.05, 0) is 56.0 Å². The summed E-state index contributed by atoms with van der Waals surface area (Å²) in [7, 11) is 0. The van der Waals surface area contributed by atoms with Crippen LogP contribution < -0.4 is 16.8 Å². The first-order chi connectivity index (χ1) is 12.2. The van der Waals surface area contributed by atoms with Crippen molar-refractivity contribution in [3.05, 3.63) is 41.5 Å². The largest absolute Gasteiger partial charge is 0.396 e. The number of aliphatic hydroxyl groups is 1. The second-order valence-corrected chi connectivity index (χ2v) is 7.16. The van der Waals surface area contributed by atoms with Gasteiger partial charge in [0.05, 0.1) is 0 Å². The summed E-state index contributed by atoms with van der Waals surface area (Å²) in [5, 5.41) is 11.5. The van der Waals surface area contributed by atoms with Gasteiger partial charge in [-0.3, -0.25) is 9.59 Å². The van der Waals surface area contributed by atoms with E-state index in [2.05, 4.69) is 17.2 Å². The molecule has 0 aliphatic heterocycles. The molecule has 0 aromatic heterocycles. The van der Waals surface area contributed by atoms with E-state index in [9.17, 15) is 9.59 Å². The third-order valence-electron chi connectivity index (χ3n) is 4.26. The Labute approximate surface area is 153 Å². The van der Waals surface area contributed by atoms with Crippen LogP contribution in [0.25, 0.3) is 6.08 Å². The Bertz CT molecular complexity index is 751. The number of carbonyl (C=O) groups excluding carboxylic acids is 2. The molecule has 1 aromatic rings. The molecule has 1 aliphatic rings. The Morgan fingerprint density at radius 3 is 2.54 bits per heavy atom. The summed E-state index contributed by atoms with van der Waals surface area (Å²) >= 11 is 0. The molecule has 0 spiro atoms. The summed E-state index contributed by atoms with van der Waals surface area (Å²) in [6.45, 7) is 3.45. The van der Waals surface area contributed by atoms with E-state index in [4.69, 9.17) is 16.6 Å². The Balaban J connectivity index is 1.96. The highest BCUT2D eigenvalue weighted by molar-refractivity contribution is 5.97. The van der Waals surface area contributed by atoms with Crippen molar-refractivity contribution in [2.75, 3.05) is 6.61 Å². The predicted octanol–water partition coefficient (Wildman–Crippen LogP) is 0.653. The van der Waals surface area contributed by atoms with Crippen LogP contribution in [0.2, 0.25) is 0 Å². The lowest BCUT2D eigenvalue weighted by Gasteiger charge is -2.28. The molecule has 3 atom stereocenters. The lowest BCUT2D eigenvalue weighted by Crippen LogP contribution is -2.60. The fraction of sp³-hybridized carbons (Fsp3) is 0.400. The maximum absolute atomic E-state index is 12.3. The van der Waals surface area contributed by atoms with Gasteiger partial charge in [-0.2, -0.15) is 0 Å². The second-order valence-electron chi connectivity index (χ2n) is 7.16. The number of rotatable bonds is 6. The SMILES string of the molecule is CC(C)(N)C(NC(=O)c1ccc(/C=C/C#CC2CC2CO)cc1)C(N)=O. The topological polar surface area (TPSA) is 118 Å². The molecule has 2 rings (SSSR count). The highest BCUT2D eigenvalue weighted by Crippen LogP contribution is 2.36. The van der Waals surface area contributed by atoms with Crippen LogP contribution >= 0.6 is 0 Å². The first kappa shape index (κ1) is 19.7. The summed E-state index contributed by atoms with van der Waals surface area (Å²) in [5.74, 6) is 5.60. The molecule has 6 heteroatoms. The van der Waals surface area contributed by atoms with Gasteiger partial charge >= 0.3 is 0 Å². The van der Waals surface area contributed by atoms with Crippen molar-refractivity contribution in [1.29, 1.82) is 0 Å². The number of carbonyl (C=O) groups is 2. The third kappa shape index (κ3) is 5.45. The Morgan fingerprint density at radius 2 is 2.04 bits per heavy atom. The van der Waals surface area contributed by atoms with Crippen molar-refractivity contribution >= 4 is 17.9 Å². The van der Waals surface area contributed by atoms with E-state index in [1.807, 2.05) is 6.08 Å². The number of benzene rings is 1. The van der Waals surface area contributed by atoms with Crippen molar-refractivity contribution in [2.24, 2.45) is 23.3 Å². The normalized spacial score (nSPS) is 20.2. The molecular formula is C20H25N3O3. The van der Waals surface area contributed by atoms with E-state index >= 15 is 0 Å². The van der Waals surface area contributed by atoms with Gasteiger partial charge in [0.2, 0.25) is 5.91 Å². The summed E-state index contributed by atoms with van der Waals surface area (Å²) in [6, 6.07) is 5.93. The maximum atomic E-state index is 12.3. The van der Waals surface area contributed by atoms with Gasteiger partial charge in [0.1, 0.15) is 6.04 Å². The average molecular weight is 355 g/mol. The van der Waals surface area contributed by atoms with E-state index < -0.39 is 23.4 Å². The molecule has 138 valence electrons. The van der Waals surface area contributed by atoms with E-state index in [1.165, 1.54) is 0 Å². The molecule has 0 radical (unpaired) electrons. The lowest BCUT2D eigenvalue weighted by atomic mass is 9.95. The van der Waals surface area contributed by atoms with Gasteiger partial charge in [-0.1, -0.05) is 24.0 Å². The monoisotopic (exact) mass is 355 g/mol. The number of hydrogen-bond acceptors (Lipinski definition) is 4. The van der Waals surface area contributed by atoms with Gasteiger partial charge in [0, 0.05) is 23.6 Å². The quantitative estimate of drug-likeness (QED) is 0.560. The highest BCUT2D eigenvalue weighted by Gasteiger charge is 2.34. The van der Waals surface area contributed by atoms with E-state index in [1.54, 1.807) is 44.2 Å². The number of primary amides is 1. The summed E-state index contributed by atoms with van der Waals surface area (Å²) in [5.41, 5.74) is 11.6.